The van der Waals surface area contributed by atoms with Gasteiger partial charge in [0, 0.05) is 18.1 Å². The van der Waals surface area contributed by atoms with Gasteiger partial charge in [0.05, 0.1) is 17.0 Å². The van der Waals surface area contributed by atoms with E-state index >= 15 is 0 Å². The lowest BCUT2D eigenvalue weighted by Crippen LogP contribution is -2.23. The Morgan fingerprint density at radius 3 is 2.90 bits per heavy atom. The number of fused-ring (bicyclic) bond motifs is 1. The number of nitrogens with one attached hydrogen (secondary N) is 1. The molecule has 1 unspecified atom stereocenters. The fraction of sp³-hybridized carbons (Fsp3) is 0.400. The molecule has 1 aliphatic rings. The van der Waals surface area contributed by atoms with Crippen LogP contribution in [0.25, 0.3) is 10.9 Å². The minimum absolute atomic E-state index is 0.258. The molecule has 2 heterocycles. The maximum absolute atomic E-state index is 11.4. The number of nitrogens with zero attached hydrogens (tertiary/aromatic N) is 1. The van der Waals surface area contributed by atoms with Crippen LogP contribution in [0.5, 0.6) is 0 Å². The van der Waals surface area contributed by atoms with Gasteiger partial charge in [0.1, 0.15) is 0 Å². The molecule has 0 saturated carbocycles. The number of sulfone groups is 1. The molecule has 5 heteroatoms. The Labute approximate surface area is 119 Å². The van der Waals surface area contributed by atoms with E-state index in [1.807, 2.05) is 30.5 Å². The van der Waals surface area contributed by atoms with Crippen molar-refractivity contribution in [1.82, 2.24) is 10.3 Å². The summed E-state index contributed by atoms with van der Waals surface area (Å²) >= 11 is 0. The highest BCUT2D eigenvalue weighted by Crippen LogP contribution is 2.19. The van der Waals surface area contributed by atoms with E-state index in [0.717, 1.165) is 30.4 Å². The van der Waals surface area contributed by atoms with Gasteiger partial charge in [0.25, 0.3) is 0 Å². The summed E-state index contributed by atoms with van der Waals surface area (Å²) in [5.41, 5.74) is 2.20. The first-order chi connectivity index (χ1) is 9.64. The highest BCUT2D eigenvalue weighted by molar-refractivity contribution is 7.91. The maximum atomic E-state index is 11.4. The van der Waals surface area contributed by atoms with E-state index in [2.05, 4.69) is 16.4 Å². The van der Waals surface area contributed by atoms with Crippen LogP contribution in [-0.2, 0) is 16.4 Å². The first-order valence-electron chi connectivity index (χ1n) is 6.88. The molecule has 106 valence electrons. The number of rotatable bonds is 4. The Balaban J connectivity index is 1.63. The lowest BCUT2D eigenvalue weighted by molar-refractivity contribution is 0.521. The normalized spacial score (nSPS) is 21.3. The van der Waals surface area contributed by atoms with Crippen molar-refractivity contribution in [1.29, 1.82) is 0 Å². The van der Waals surface area contributed by atoms with E-state index in [9.17, 15) is 8.42 Å². The SMILES string of the molecule is O=S1(=O)CCC(CNCc2ccnc3ccccc23)C1. The summed E-state index contributed by atoms with van der Waals surface area (Å²) in [5.74, 6) is 0.933. The smallest absolute Gasteiger partial charge is 0.150 e. The lowest BCUT2D eigenvalue weighted by Gasteiger charge is -2.11. The van der Waals surface area contributed by atoms with Gasteiger partial charge in [0.15, 0.2) is 9.84 Å². The Morgan fingerprint density at radius 2 is 2.10 bits per heavy atom. The van der Waals surface area contributed by atoms with Crippen molar-refractivity contribution in [2.45, 2.75) is 13.0 Å². The van der Waals surface area contributed by atoms with Gasteiger partial charge in [-0.2, -0.15) is 0 Å². The van der Waals surface area contributed by atoms with Crippen molar-refractivity contribution < 1.29 is 8.42 Å². The number of aromatic nitrogens is 1. The Bertz CT molecular complexity index is 707. The summed E-state index contributed by atoms with van der Waals surface area (Å²) in [5, 5.41) is 4.54. The molecule has 0 bridgehead atoms. The summed E-state index contributed by atoms with van der Waals surface area (Å²) in [7, 11) is -2.78. The molecule has 0 spiro atoms. The number of pyridine rings is 1. The van der Waals surface area contributed by atoms with Crippen molar-refractivity contribution >= 4 is 20.7 Å². The predicted molar refractivity (Wildman–Crippen MR) is 80.2 cm³/mol. The molecular formula is C15H18N2O2S. The number of hydrogen-bond acceptors (Lipinski definition) is 4. The topological polar surface area (TPSA) is 59.1 Å². The molecule has 0 amide bonds. The predicted octanol–water partition coefficient (Wildman–Crippen LogP) is 1.76. The number of hydrogen-bond donors (Lipinski definition) is 1. The minimum Gasteiger partial charge on any atom is -0.312 e. The van der Waals surface area contributed by atoms with Crippen LogP contribution in [0.3, 0.4) is 0 Å². The third-order valence-electron chi connectivity index (χ3n) is 3.81. The van der Waals surface area contributed by atoms with E-state index in [1.165, 1.54) is 5.56 Å². The van der Waals surface area contributed by atoms with Crippen LogP contribution in [0.15, 0.2) is 36.5 Å². The highest BCUT2D eigenvalue weighted by atomic mass is 32.2. The summed E-state index contributed by atoms with van der Waals surface area (Å²) < 4.78 is 22.8. The average molecular weight is 290 g/mol. The van der Waals surface area contributed by atoms with Crippen molar-refractivity contribution in [3.05, 3.63) is 42.1 Å². The van der Waals surface area contributed by atoms with Crippen LogP contribution in [0.4, 0.5) is 0 Å². The van der Waals surface area contributed by atoms with E-state index in [4.69, 9.17) is 0 Å². The van der Waals surface area contributed by atoms with Gasteiger partial charge in [-0.1, -0.05) is 18.2 Å². The highest BCUT2D eigenvalue weighted by Gasteiger charge is 2.27. The summed E-state index contributed by atoms with van der Waals surface area (Å²) in [6.45, 7) is 1.51. The van der Waals surface area contributed by atoms with E-state index < -0.39 is 9.84 Å². The second-order valence-electron chi connectivity index (χ2n) is 5.39. The van der Waals surface area contributed by atoms with Gasteiger partial charge in [-0.3, -0.25) is 4.98 Å². The first kappa shape index (κ1) is 13.5. The third kappa shape index (κ3) is 2.99. The van der Waals surface area contributed by atoms with Crippen molar-refractivity contribution in [3.63, 3.8) is 0 Å². The minimum atomic E-state index is -2.78. The molecule has 1 saturated heterocycles. The summed E-state index contributed by atoms with van der Waals surface area (Å²) in [4.78, 5) is 4.34. The molecule has 1 fully saturated rings. The zero-order valence-corrected chi connectivity index (χ0v) is 12.1. The van der Waals surface area contributed by atoms with Crippen LogP contribution in [0.1, 0.15) is 12.0 Å². The molecule has 0 aliphatic carbocycles. The zero-order chi connectivity index (χ0) is 14.0. The molecule has 2 aromatic rings. The van der Waals surface area contributed by atoms with Gasteiger partial charge in [0.2, 0.25) is 0 Å². The molecule has 4 nitrogen and oxygen atoms in total. The first-order valence-corrected chi connectivity index (χ1v) is 8.70. The molecule has 0 radical (unpaired) electrons. The molecule has 1 aliphatic heterocycles. The Morgan fingerprint density at radius 1 is 1.25 bits per heavy atom. The third-order valence-corrected chi connectivity index (χ3v) is 5.65. The largest absolute Gasteiger partial charge is 0.312 e. The van der Waals surface area contributed by atoms with E-state index in [0.29, 0.717) is 11.5 Å². The average Bonchev–Trinajstić information content (AvgIpc) is 2.79. The quantitative estimate of drug-likeness (QED) is 0.932. The van der Waals surface area contributed by atoms with Crippen LogP contribution in [0, 0.1) is 5.92 Å². The molecule has 1 aromatic carbocycles. The number of benzene rings is 1. The maximum Gasteiger partial charge on any atom is 0.150 e. The van der Waals surface area contributed by atoms with Crippen LogP contribution in [0.2, 0.25) is 0 Å². The second kappa shape index (κ2) is 5.50. The molecule has 1 aromatic heterocycles. The van der Waals surface area contributed by atoms with Crippen molar-refractivity contribution in [3.8, 4) is 0 Å². The summed E-state index contributed by atoms with van der Waals surface area (Å²) in [6, 6.07) is 10.1. The fourth-order valence-electron chi connectivity index (χ4n) is 2.75. The van der Waals surface area contributed by atoms with Crippen LogP contribution in [-0.4, -0.2) is 31.5 Å². The molecule has 20 heavy (non-hydrogen) atoms. The number of para-hydroxylation sites is 1. The van der Waals surface area contributed by atoms with E-state index in [1.54, 1.807) is 0 Å². The van der Waals surface area contributed by atoms with Crippen molar-refractivity contribution in [2.24, 2.45) is 5.92 Å². The fourth-order valence-corrected chi connectivity index (χ4v) is 4.62. The van der Waals surface area contributed by atoms with E-state index in [-0.39, 0.29) is 5.92 Å². The standard InChI is InChI=1S/C15H18N2O2S/c18-20(19)8-6-12(11-20)9-16-10-13-5-7-17-15-4-2-1-3-14(13)15/h1-5,7,12,16H,6,8-11H2. The second-order valence-corrected chi connectivity index (χ2v) is 7.62. The van der Waals surface area contributed by atoms with Gasteiger partial charge in [-0.25, -0.2) is 8.42 Å². The summed E-state index contributed by atoms with van der Waals surface area (Å²) in [6.07, 6.45) is 2.60. The molecular weight excluding hydrogens is 272 g/mol. The Hall–Kier alpha value is -1.46. The molecule has 3 rings (SSSR count). The van der Waals surface area contributed by atoms with Crippen LogP contribution >= 0.6 is 0 Å². The monoisotopic (exact) mass is 290 g/mol. The molecule has 1 atom stereocenters. The van der Waals surface area contributed by atoms with Crippen molar-refractivity contribution in [2.75, 3.05) is 18.1 Å². The van der Waals surface area contributed by atoms with Gasteiger partial charge < -0.3 is 5.32 Å². The van der Waals surface area contributed by atoms with Gasteiger partial charge in [-0.15, -0.1) is 0 Å². The zero-order valence-electron chi connectivity index (χ0n) is 11.2. The Kier molecular flexibility index (Phi) is 3.72. The van der Waals surface area contributed by atoms with Gasteiger partial charge >= 0.3 is 0 Å². The lowest BCUT2D eigenvalue weighted by atomic mass is 10.1. The molecule has 1 N–H and O–H groups in total. The van der Waals surface area contributed by atoms with Gasteiger partial charge in [-0.05, 0) is 36.6 Å². The van der Waals surface area contributed by atoms with Crippen LogP contribution < -0.4 is 5.32 Å².